The van der Waals surface area contributed by atoms with Gasteiger partial charge in [0.1, 0.15) is 0 Å². The van der Waals surface area contributed by atoms with Gasteiger partial charge < -0.3 is 9.80 Å². The molecule has 2 aliphatic rings. The van der Waals surface area contributed by atoms with Crippen LogP contribution in [0.5, 0.6) is 0 Å². The summed E-state index contributed by atoms with van der Waals surface area (Å²) in [6.45, 7) is 2.51. The van der Waals surface area contributed by atoms with Crippen LogP contribution in [0.25, 0.3) is 0 Å². The molecule has 0 radical (unpaired) electrons. The molecule has 196 valence electrons. The van der Waals surface area contributed by atoms with Crippen molar-refractivity contribution in [2.75, 3.05) is 31.1 Å². The third-order valence-corrected chi connectivity index (χ3v) is 6.61. The molecule has 36 heavy (non-hydrogen) atoms. The first-order valence-electron chi connectivity index (χ1n) is 11.1. The molecule has 1 saturated heterocycles. The number of aryl methyl sites for hydroxylation is 1. The zero-order valence-electron chi connectivity index (χ0n) is 18.9. The molecular formula is C24H21F9N2O. The minimum absolute atomic E-state index is 0.0533. The third kappa shape index (κ3) is 5.41. The first kappa shape index (κ1) is 26.2. The van der Waals surface area contributed by atoms with Gasteiger partial charge in [0, 0.05) is 37.8 Å². The predicted octanol–water partition coefficient (Wildman–Crippen LogP) is 6.50. The van der Waals surface area contributed by atoms with Crippen molar-refractivity contribution in [3.63, 3.8) is 0 Å². The lowest BCUT2D eigenvalue weighted by atomic mass is 10.0. The topological polar surface area (TPSA) is 23.6 Å². The molecule has 0 aromatic heterocycles. The average molecular weight is 524 g/mol. The molecule has 4 rings (SSSR count). The van der Waals surface area contributed by atoms with Crippen LogP contribution >= 0.6 is 0 Å². The number of hydrogen-bond donors (Lipinski definition) is 0. The second-order valence-corrected chi connectivity index (χ2v) is 9.10. The first-order valence-corrected chi connectivity index (χ1v) is 11.1. The molecule has 1 unspecified atom stereocenters. The number of carbonyl (C=O) groups is 1. The van der Waals surface area contributed by atoms with E-state index in [0.29, 0.717) is 23.4 Å². The van der Waals surface area contributed by atoms with Crippen LogP contribution in [0.4, 0.5) is 45.2 Å². The summed E-state index contributed by atoms with van der Waals surface area (Å²) >= 11 is 0. The van der Waals surface area contributed by atoms with Crippen LogP contribution in [0.1, 0.15) is 40.2 Å². The van der Waals surface area contributed by atoms with Crippen molar-refractivity contribution in [2.45, 2.75) is 37.8 Å². The second kappa shape index (κ2) is 8.88. The normalized spacial score (nSPS) is 21.1. The third-order valence-electron chi connectivity index (χ3n) is 6.61. The zero-order chi connectivity index (χ0) is 26.6. The second-order valence-electron chi connectivity index (χ2n) is 9.10. The molecule has 2 aromatic carbocycles. The lowest BCUT2D eigenvalue weighted by Crippen LogP contribution is -2.49. The minimum atomic E-state index is -4.97. The highest BCUT2D eigenvalue weighted by molar-refractivity contribution is 5.83. The molecule has 0 bridgehead atoms. The molecule has 1 aliphatic carbocycles. The quantitative estimate of drug-likeness (QED) is 0.428. The van der Waals surface area contributed by atoms with Crippen molar-refractivity contribution in [2.24, 2.45) is 5.92 Å². The van der Waals surface area contributed by atoms with Gasteiger partial charge in [-0.05, 0) is 60.7 Å². The van der Waals surface area contributed by atoms with E-state index in [1.807, 2.05) is 0 Å². The Morgan fingerprint density at radius 3 is 1.78 bits per heavy atom. The number of hydrogen-bond acceptors (Lipinski definition) is 2. The van der Waals surface area contributed by atoms with Gasteiger partial charge in [-0.3, -0.25) is 4.79 Å². The SMILES string of the molecule is Cc1ccc(C(F)(F)F)cc1N1CCN(C(=O)[C@H]2CC2c2cc(C(F)(F)F)cc(C(F)(F)F)c2)CC1. The van der Waals surface area contributed by atoms with E-state index < -0.39 is 47.1 Å². The van der Waals surface area contributed by atoms with Crippen LogP contribution in [0.3, 0.4) is 0 Å². The Balaban J connectivity index is 1.44. The van der Waals surface area contributed by atoms with Gasteiger partial charge in [-0.25, -0.2) is 0 Å². The van der Waals surface area contributed by atoms with E-state index in [0.717, 1.165) is 12.1 Å². The van der Waals surface area contributed by atoms with Crippen molar-refractivity contribution < 1.29 is 44.3 Å². The van der Waals surface area contributed by atoms with Gasteiger partial charge in [0.15, 0.2) is 0 Å². The summed E-state index contributed by atoms with van der Waals surface area (Å²) in [6.07, 6.45) is -14.3. The molecule has 1 heterocycles. The molecule has 2 aromatic rings. The molecule has 2 atom stereocenters. The molecular weight excluding hydrogens is 503 g/mol. The van der Waals surface area contributed by atoms with Gasteiger partial charge >= 0.3 is 18.5 Å². The number of carbonyl (C=O) groups excluding carboxylic acids is 1. The molecule has 1 amide bonds. The van der Waals surface area contributed by atoms with E-state index in [2.05, 4.69) is 0 Å². The molecule has 0 spiro atoms. The van der Waals surface area contributed by atoms with Crippen molar-refractivity contribution in [1.82, 2.24) is 4.90 Å². The van der Waals surface area contributed by atoms with Crippen molar-refractivity contribution in [1.29, 1.82) is 0 Å². The molecule has 12 heteroatoms. The maximum absolute atomic E-state index is 13.2. The zero-order valence-corrected chi connectivity index (χ0v) is 18.9. The smallest absolute Gasteiger partial charge is 0.368 e. The number of rotatable bonds is 3. The van der Waals surface area contributed by atoms with Gasteiger partial charge in [0.2, 0.25) is 5.91 Å². The van der Waals surface area contributed by atoms with Crippen LogP contribution in [0, 0.1) is 12.8 Å². The number of anilines is 1. The predicted molar refractivity (Wildman–Crippen MR) is 112 cm³/mol. The highest BCUT2D eigenvalue weighted by Crippen LogP contribution is 2.50. The number of benzene rings is 2. The average Bonchev–Trinajstić information content (AvgIpc) is 3.58. The molecule has 3 nitrogen and oxygen atoms in total. The Bertz CT molecular complexity index is 1110. The monoisotopic (exact) mass is 524 g/mol. The van der Waals surface area contributed by atoms with Crippen molar-refractivity contribution >= 4 is 11.6 Å². The minimum Gasteiger partial charge on any atom is -0.368 e. The lowest BCUT2D eigenvalue weighted by Gasteiger charge is -2.37. The first-order chi connectivity index (χ1) is 16.6. The van der Waals surface area contributed by atoms with E-state index in [-0.39, 0.29) is 50.1 Å². The van der Waals surface area contributed by atoms with Crippen LogP contribution in [0.15, 0.2) is 36.4 Å². The van der Waals surface area contributed by atoms with E-state index in [1.54, 1.807) is 11.8 Å². The number of amides is 1. The molecule has 0 N–H and O–H groups in total. The van der Waals surface area contributed by atoms with E-state index in [4.69, 9.17) is 0 Å². The Hall–Kier alpha value is -2.92. The largest absolute Gasteiger partial charge is 0.416 e. The summed E-state index contributed by atoms with van der Waals surface area (Å²) in [5.74, 6) is -1.88. The van der Waals surface area contributed by atoms with Crippen LogP contribution in [-0.2, 0) is 23.3 Å². The number of piperazine rings is 1. The highest BCUT2D eigenvalue weighted by Gasteiger charge is 2.48. The summed E-state index contributed by atoms with van der Waals surface area (Å²) in [5.41, 5.74) is -2.79. The van der Waals surface area contributed by atoms with Crippen LogP contribution < -0.4 is 4.90 Å². The molecule has 1 saturated carbocycles. The fraction of sp³-hybridized carbons (Fsp3) is 0.458. The van der Waals surface area contributed by atoms with Crippen LogP contribution in [-0.4, -0.2) is 37.0 Å². The van der Waals surface area contributed by atoms with Crippen molar-refractivity contribution in [3.05, 3.63) is 64.2 Å². The van der Waals surface area contributed by atoms with Gasteiger partial charge in [-0.2, -0.15) is 39.5 Å². The number of alkyl halides is 9. The van der Waals surface area contributed by atoms with E-state index in [1.165, 1.54) is 11.0 Å². The standard InChI is InChI=1S/C24H21F9N2O/c1-13-2-3-15(22(25,26)27)11-20(13)34-4-6-35(7-5-34)21(36)19-12-18(19)14-8-16(23(28,29)30)10-17(9-14)24(31,32)33/h2-3,8-11,18-19H,4-7,12H2,1H3/t18?,19-/m0/s1. The highest BCUT2D eigenvalue weighted by atomic mass is 19.4. The molecule has 1 aliphatic heterocycles. The summed E-state index contributed by atoms with van der Waals surface area (Å²) < 4.78 is 118. The Labute approximate surface area is 200 Å². The van der Waals surface area contributed by atoms with Gasteiger partial charge in [0.25, 0.3) is 0 Å². The maximum atomic E-state index is 13.2. The van der Waals surface area contributed by atoms with E-state index in [9.17, 15) is 44.3 Å². The lowest BCUT2D eigenvalue weighted by molar-refractivity contribution is -0.143. The van der Waals surface area contributed by atoms with Crippen molar-refractivity contribution in [3.8, 4) is 0 Å². The fourth-order valence-electron chi connectivity index (χ4n) is 4.56. The Morgan fingerprint density at radius 1 is 0.750 bits per heavy atom. The van der Waals surface area contributed by atoms with Gasteiger partial charge in [-0.1, -0.05) is 6.07 Å². The number of halogens is 9. The summed E-state index contributed by atoms with van der Waals surface area (Å²) in [6, 6.07) is 4.77. The maximum Gasteiger partial charge on any atom is 0.416 e. The Kier molecular flexibility index (Phi) is 6.45. The van der Waals surface area contributed by atoms with Gasteiger partial charge in [-0.15, -0.1) is 0 Å². The summed E-state index contributed by atoms with van der Waals surface area (Å²) in [5, 5.41) is 0. The van der Waals surface area contributed by atoms with E-state index >= 15 is 0 Å². The summed E-state index contributed by atoms with van der Waals surface area (Å²) in [4.78, 5) is 16.1. The van der Waals surface area contributed by atoms with Gasteiger partial charge in [0.05, 0.1) is 16.7 Å². The molecule has 2 fully saturated rings. The Morgan fingerprint density at radius 2 is 1.28 bits per heavy atom. The summed E-state index contributed by atoms with van der Waals surface area (Å²) in [7, 11) is 0. The van der Waals surface area contributed by atoms with Crippen LogP contribution in [0.2, 0.25) is 0 Å². The fourth-order valence-corrected chi connectivity index (χ4v) is 4.56. The number of nitrogens with zero attached hydrogens (tertiary/aromatic N) is 2.